The van der Waals surface area contributed by atoms with E-state index in [4.69, 9.17) is 5.73 Å². The van der Waals surface area contributed by atoms with Crippen molar-refractivity contribution >= 4 is 17.4 Å². The highest BCUT2D eigenvalue weighted by atomic mass is 32.2. The van der Waals surface area contributed by atoms with E-state index in [0.717, 1.165) is 17.4 Å². The largest absolute Gasteiger partial charge is 0.399 e. The Labute approximate surface area is 97.4 Å². The number of benzene rings is 1. The molecular weight excluding hydrogens is 202 g/mol. The second-order valence-corrected chi connectivity index (χ2v) is 5.48. The number of nitrogen functional groups attached to an aromatic ring is 1. The van der Waals surface area contributed by atoms with Crippen LogP contribution in [0.1, 0.15) is 32.3 Å². The van der Waals surface area contributed by atoms with Crippen LogP contribution >= 0.6 is 11.8 Å². The summed E-state index contributed by atoms with van der Waals surface area (Å²) in [6.07, 6.45) is 3.66. The van der Waals surface area contributed by atoms with E-state index in [0.29, 0.717) is 0 Å². The molecule has 0 fully saturated rings. The maximum atomic E-state index is 5.73. The topological polar surface area (TPSA) is 26.0 Å². The molecule has 1 aromatic carbocycles. The van der Waals surface area contributed by atoms with Crippen LogP contribution in [0.15, 0.2) is 24.3 Å². The van der Waals surface area contributed by atoms with Crippen LogP contribution in [0.3, 0.4) is 0 Å². The molecule has 2 N–H and O–H groups in total. The molecule has 1 rings (SSSR count). The summed E-state index contributed by atoms with van der Waals surface area (Å²) in [5, 5.41) is 0.797. The van der Waals surface area contributed by atoms with Gasteiger partial charge in [-0.25, -0.2) is 0 Å². The lowest BCUT2D eigenvalue weighted by Gasteiger charge is -2.07. The first-order chi connectivity index (χ1) is 7.22. The lowest BCUT2D eigenvalue weighted by atomic mass is 10.1. The maximum Gasteiger partial charge on any atom is 0.0316 e. The summed E-state index contributed by atoms with van der Waals surface area (Å²) in [5.41, 5.74) is 7.97. The Hall–Kier alpha value is -0.630. The summed E-state index contributed by atoms with van der Waals surface area (Å²) < 4.78 is 0. The van der Waals surface area contributed by atoms with E-state index < -0.39 is 0 Å². The Morgan fingerprint density at radius 1 is 1.40 bits per heavy atom. The van der Waals surface area contributed by atoms with E-state index in [1.807, 2.05) is 12.1 Å². The van der Waals surface area contributed by atoms with Gasteiger partial charge in [-0.2, -0.15) is 11.8 Å². The summed E-state index contributed by atoms with van der Waals surface area (Å²) in [6, 6.07) is 8.21. The fraction of sp³-hybridized carbons (Fsp3) is 0.538. The van der Waals surface area contributed by atoms with Gasteiger partial charge >= 0.3 is 0 Å². The lowest BCUT2D eigenvalue weighted by molar-refractivity contribution is 0.888. The standard InChI is InChI=1S/C13H21NS/c1-3-11(2)15-9-5-7-12-6-4-8-13(14)10-12/h4,6,8,10-11H,3,5,7,9,14H2,1-2H3. The van der Waals surface area contributed by atoms with Crippen molar-refractivity contribution < 1.29 is 0 Å². The van der Waals surface area contributed by atoms with Gasteiger partial charge in [0.2, 0.25) is 0 Å². The average Bonchev–Trinajstić information content (AvgIpc) is 2.24. The number of rotatable bonds is 6. The molecule has 0 bridgehead atoms. The Balaban J connectivity index is 2.20. The highest BCUT2D eigenvalue weighted by Gasteiger charge is 1.99. The van der Waals surface area contributed by atoms with E-state index >= 15 is 0 Å². The normalized spacial score (nSPS) is 12.7. The number of hydrogen-bond donors (Lipinski definition) is 1. The molecule has 84 valence electrons. The number of aryl methyl sites for hydroxylation is 1. The van der Waals surface area contributed by atoms with Crippen LogP contribution in [-0.2, 0) is 6.42 Å². The Morgan fingerprint density at radius 2 is 2.20 bits per heavy atom. The van der Waals surface area contributed by atoms with Crippen LogP contribution in [0.5, 0.6) is 0 Å². The van der Waals surface area contributed by atoms with E-state index in [1.54, 1.807) is 0 Å². The molecule has 0 amide bonds. The van der Waals surface area contributed by atoms with Crippen molar-refractivity contribution in [2.75, 3.05) is 11.5 Å². The predicted octanol–water partition coefficient (Wildman–Crippen LogP) is 3.73. The first-order valence-corrected chi connectivity index (χ1v) is 6.73. The fourth-order valence-corrected chi connectivity index (χ4v) is 2.38. The summed E-state index contributed by atoms with van der Waals surface area (Å²) in [4.78, 5) is 0. The number of hydrogen-bond acceptors (Lipinski definition) is 2. The second-order valence-electron chi connectivity index (χ2n) is 3.94. The lowest BCUT2D eigenvalue weighted by Crippen LogP contribution is -1.96. The zero-order valence-corrected chi connectivity index (χ0v) is 10.5. The summed E-state index contributed by atoms with van der Waals surface area (Å²) in [5.74, 6) is 1.25. The third kappa shape index (κ3) is 5.12. The van der Waals surface area contributed by atoms with Crippen molar-refractivity contribution in [2.24, 2.45) is 0 Å². The average molecular weight is 223 g/mol. The van der Waals surface area contributed by atoms with Gasteiger partial charge in [-0.05, 0) is 42.7 Å². The molecule has 1 aromatic rings. The molecule has 0 spiro atoms. The molecule has 1 unspecified atom stereocenters. The molecule has 0 aromatic heterocycles. The molecule has 15 heavy (non-hydrogen) atoms. The Morgan fingerprint density at radius 3 is 2.87 bits per heavy atom. The summed E-state index contributed by atoms with van der Waals surface area (Å²) in [6.45, 7) is 4.54. The van der Waals surface area contributed by atoms with Crippen LogP contribution in [0.2, 0.25) is 0 Å². The molecule has 0 saturated heterocycles. The first kappa shape index (κ1) is 12.4. The minimum Gasteiger partial charge on any atom is -0.399 e. The van der Waals surface area contributed by atoms with E-state index in [2.05, 4.69) is 37.7 Å². The van der Waals surface area contributed by atoms with Gasteiger partial charge in [0.15, 0.2) is 0 Å². The number of nitrogens with two attached hydrogens (primary N) is 1. The van der Waals surface area contributed by atoms with Crippen LogP contribution in [0.4, 0.5) is 5.69 Å². The molecule has 0 aliphatic heterocycles. The van der Waals surface area contributed by atoms with Gasteiger partial charge < -0.3 is 5.73 Å². The van der Waals surface area contributed by atoms with Crippen LogP contribution < -0.4 is 5.73 Å². The smallest absolute Gasteiger partial charge is 0.0316 e. The van der Waals surface area contributed by atoms with Crippen molar-refractivity contribution in [3.63, 3.8) is 0 Å². The maximum absolute atomic E-state index is 5.73. The van der Waals surface area contributed by atoms with Gasteiger partial charge in [-0.3, -0.25) is 0 Å². The zero-order valence-electron chi connectivity index (χ0n) is 9.70. The van der Waals surface area contributed by atoms with Crippen LogP contribution in [-0.4, -0.2) is 11.0 Å². The Kier molecular flexibility index (Phi) is 5.62. The Bertz CT molecular complexity index is 286. The van der Waals surface area contributed by atoms with E-state index in [1.165, 1.54) is 24.2 Å². The van der Waals surface area contributed by atoms with Gasteiger partial charge in [0.05, 0.1) is 0 Å². The molecule has 2 heteroatoms. The van der Waals surface area contributed by atoms with E-state index in [-0.39, 0.29) is 0 Å². The highest BCUT2D eigenvalue weighted by molar-refractivity contribution is 7.99. The van der Waals surface area contributed by atoms with Gasteiger partial charge in [0.25, 0.3) is 0 Å². The molecule has 1 atom stereocenters. The monoisotopic (exact) mass is 223 g/mol. The summed E-state index contributed by atoms with van der Waals surface area (Å²) in [7, 11) is 0. The SMILES string of the molecule is CCC(C)SCCCc1cccc(N)c1. The second kappa shape index (κ2) is 6.78. The van der Waals surface area contributed by atoms with Crippen molar-refractivity contribution in [1.29, 1.82) is 0 Å². The van der Waals surface area contributed by atoms with E-state index in [9.17, 15) is 0 Å². The van der Waals surface area contributed by atoms with Crippen molar-refractivity contribution in [2.45, 2.75) is 38.4 Å². The van der Waals surface area contributed by atoms with Gasteiger partial charge in [-0.1, -0.05) is 26.0 Å². The van der Waals surface area contributed by atoms with Gasteiger partial charge in [0, 0.05) is 10.9 Å². The molecule has 0 aliphatic rings. The first-order valence-electron chi connectivity index (χ1n) is 5.68. The minimum atomic E-state index is 0.797. The molecular formula is C13H21NS. The van der Waals surface area contributed by atoms with Crippen LogP contribution in [0.25, 0.3) is 0 Å². The highest BCUT2D eigenvalue weighted by Crippen LogP contribution is 2.16. The van der Waals surface area contributed by atoms with Crippen molar-refractivity contribution in [3.8, 4) is 0 Å². The summed E-state index contributed by atoms with van der Waals surface area (Å²) >= 11 is 2.07. The quantitative estimate of drug-likeness (QED) is 0.587. The fourth-order valence-electron chi connectivity index (χ4n) is 1.43. The van der Waals surface area contributed by atoms with Crippen molar-refractivity contribution in [1.82, 2.24) is 0 Å². The third-order valence-electron chi connectivity index (χ3n) is 2.54. The van der Waals surface area contributed by atoms with Crippen molar-refractivity contribution in [3.05, 3.63) is 29.8 Å². The molecule has 0 heterocycles. The third-order valence-corrected chi connectivity index (χ3v) is 3.96. The minimum absolute atomic E-state index is 0.797. The van der Waals surface area contributed by atoms with Gasteiger partial charge in [0.1, 0.15) is 0 Å². The molecule has 1 nitrogen and oxygen atoms in total. The number of thioether (sulfide) groups is 1. The zero-order chi connectivity index (χ0) is 11.1. The van der Waals surface area contributed by atoms with Crippen LogP contribution in [0, 0.1) is 0 Å². The predicted molar refractivity (Wildman–Crippen MR) is 71.4 cm³/mol. The molecule has 0 radical (unpaired) electrons. The number of anilines is 1. The molecule has 0 aliphatic carbocycles. The molecule has 0 saturated carbocycles. The van der Waals surface area contributed by atoms with Gasteiger partial charge in [-0.15, -0.1) is 0 Å².